The van der Waals surface area contributed by atoms with Crippen LogP contribution in [0.15, 0.2) is 24.3 Å². The Kier molecular flexibility index (Phi) is 5.29. The van der Waals surface area contributed by atoms with Gasteiger partial charge in [0.05, 0.1) is 17.8 Å². The fourth-order valence-corrected chi connectivity index (χ4v) is 3.26. The van der Waals surface area contributed by atoms with Crippen LogP contribution in [0.25, 0.3) is 0 Å². The van der Waals surface area contributed by atoms with Gasteiger partial charge < -0.3 is 14.9 Å². The van der Waals surface area contributed by atoms with Crippen molar-refractivity contribution in [3.05, 3.63) is 52.5 Å². The number of carbonyl (C=O) groups is 1. The van der Waals surface area contributed by atoms with Gasteiger partial charge in [0.15, 0.2) is 6.10 Å². The molecule has 1 aliphatic heterocycles. The molecule has 1 aromatic heterocycles. The first-order valence-corrected chi connectivity index (χ1v) is 8.75. The van der Waals surface area contributed by atoms with Crippen LogP contribution in [0.1, 0.15) is 34.3 Å². The van der Waals surface area contributed by atoms with Gasteiger partial charge in [-0.05, 0) is 31.0 Å². The van der Waals surface area contributed by atoms with Crippen LogP contribution in [-0.2, 0) is 23.9 Å². The number of rotatable bonds is 3. The normalized spacial score (nSPS) is 15.2. The van der Waals surface area contributed by atoms with Gasteiger partial charge in [0.25, 0.3) is 5.91 Å². The van der Waals surface area contributed by atoms with Crippen molar-refractivity contribution in [2.45, 2.75) is 32.2 Å². The molecule has 9 heteroatoms. The van der Waals surface area contributed by atoms with Crippen LogP contribution in [-0.4, -0.2) is 46.5 Å². The van der Waals surface area contributed by atoms with Crippen molar-refractivity contribution in [2.24, 2.45) is 0 Å². The molecular weight excluding hydrogens is 373 g/mol. The molecule has 28 heavy (non-hydrogen) atoms. The second kappa shape index (κ2) is 7.38. The van der Waals surface area contributed by atoms with Crippen molar-refractivity contribution in [1.29, 1.82) is 0 Å². The standard InChI is InChI=1S/C19H21F3N4O2/c1-11-23-15-10-26(9-8-14(15)17(24-11)25(2)3)18(28)16(27)12-4-6-13(7-5-12)19(20,21)22/h4-7,16,27H,8-10H2,1-3H3/t16-/m0/s1. The van der Waals surface area contributed by atoms with Crippen LogP contribution >= 0.6 is 0 Å². The number of aliphatic hydroxyl groups excluding tert-OH is 1. The van der Waals surface area contributed by atoms with E-state index in [1.807, 2.05) is 19.0 Å². The molecule has 0 saturated carbocycles. The Labute approximate surface area is 160 Å². The SMILES string of the molecule is Cc1nc2c(c(N(C)C)n1)CCN(C(=O)[C@@H](O)c1ccc(C(F)(F)F)cc1)C2. The van der Waals surface area contributed by atoms with Gasteiger partial charge in [-0.3, -0.25) is 4.79 Å². The number of nitrogens with zero attached hydrogens (tertiary/aromatic N) is 4. The number of aliphatic hydroxyl groups is 1. The first-order chi connectivity index (χ1) is 13.1. The van der Waals surface area contributed by atoms with Gasteiger partial charge in [-0.1, -0.05) is 12.1 Å². The number of hydrogen-bond donors (Lipinski definition) is 1. The van der Waals surface area contributed by atoms with Crippen molar-refractivity contribution in [3.8, 4) is 0 Å². The Morgan fingerprint density at radius 3 is 2.43 bits per heavy atom. The van der Waals surface area contributed by atoms with Crippen molar-refractivity contribution in [1.82, 2.24) is 14.9 Å². The number of aryl methyl sites for hydroxylation is 1. The molecule has 0 saturated heterocycles. The summed E-state index contributed by atoms with van der Waals surface area (Å²) in [5, 5.41) is 10.4. The summed E-state index contributed by atoms with van der Waals surface area (Å²) in [4.78, 5) is 24.9. The maximum Gasteiger partial charge on any atom is 0.416 e. The van der Waals surface area contributed by atoms with Crippen LogP contribution < -0.4 is 4.90 Å². The third-order valence-electron chi connectivity index (χ3n) is 4.68. The number of halogens is 3. The maximum atomic E-state index is 12.7. The smallest absolute Gasteiger partial charge is 0.378 e. The molecule has 6 nitrogen and oxygen atoms in total. The molecule has 0 unspecified atom stereocenters. The van der Waals surface area contributed by atoms with E-state index in [2.05, 4.69) is 9.97 Å². The van der Waals surface area contributed by atoms with Crippen LogP contribution in [0, 0.1) is 6.92 Å². The lowest BCUT2D eigenvalue weighted by Gasteiger charge is -2.31. The van der Waals surface area contributed by atoms with Crippen molar-refractivity contribution in [2.75, 3.05) is 25.5 Å². The highest BCUT2D eigenvalue weighted by atomic mass is 19.4. The molecule has 3 rings (SSSR count). The number of anilines is 1. The number of hydrogen-bond acceptors (Lipinski definition) is 5. The molecule has 150 valence electrons. The summed E-state index contributed by atoms with van der Waals surface area (Å²) >= 11 is 0. The van der Waals surface area contributed by atoms with Crippen LogP contribution in [0.2, 0.25) is 0 Å². The van der Waals surface area contributed by atoms with E-state index in [0.717, 1.165) is 41.3 Å². The molecular formula is C19H21F3N4O2. The van der Waals surface area contributed by atoms with Gasteiger partial charge in [0.2, 0.25) is 0 Å². The van der Waals surface area contributed by atoms with Crippen LogP contribution in [0.5, 0.6) is 0 Å². The number of benzene rings is 1. The van der Waals surface area contributed by atoms with Crippen LogP contribution in [0.4, 0.5) is 19.0 Å². The van der Waals surface area contributed by atoms with E-state index in [9.17, 15) is 23.1 Å². The van der Waals surface area contributed by atoms with Crippen molar-refractivity contribution in [3.63, 3.8) is 0 Å². The fraction of sp³-hybridized carbons (Fsp3) is 0.421. The summed E-state index contributed by atoms with van der Waals surface area (Å²) in [6.07, 6.45) is -5.46. The Bertz CT molecular complexity index is 882. The second-order valence-electron chi connectivity index (χ2n) is 6.95. The van der Waals surface area contributed by atoms with Gasteiger partial charge in [0.1, 0.15) is 11.6 Å². The average Bonchev–Trinajstić information content (AvgIpc) is 2.64. The van der Waals surface area contributed by atoms with Gasteiger partial charge in [0, 0.05) is 26.2 Å². The predicted octanol–water partition coefficient (Wildman–Crippen LogP) is 2.49. The summed E-state index contributed by atoms with van der Waals surface area (Å²) in [7, 11) is 3.77. The molecule has 1 aromatic carbocycles. The summed E-state index contributed by atoms with van der Waals surface area (Å²) in [6.45, 7) is 2.36. The van der Waals surface area contributed by atoms with E-state index in [-0.39, 0.29) is 12.1 Å². The summed E-state index contributed by atoms with van der Waals surface area (Å²) in [6, 6.07) is 3.97. The lowest BCUT2D eigenvalue weighted by Crippen LogP contribution is -2.40. The molecule has 2 aromatic rings. The minimum atomic E-state index is -4.47. The maximum absolute atomic E-state index is 12.7. The van der Waals surface area contributed by atoms with Gasteiger partial charge in [-0.25, -0.2) is 9.97 Å². The predicted molar refractivity (Wildman–Crippen MR) is 96.6 cm³/mol. The van der Waals surface area contributed by atoms with Crippen molar-refractivity contribution >= 4 is 11.7 Å². The number of amides is 1. The molecule has 1 amide bonds. The van der Waals surface area contributed by atoms with Crippen LogP contribution in [0.3, 0.4) is 0 Å². The summed E-state index contributed by atoms with van der Waals surface area (Å²) < 4.78 is 38.0. The first kappa shape index (κ1) is 20.1. The molecule has 0 spiro atoms. The largest absolute Gasteiger partial charge is 0.416 e. The monoisotopic (exact) mass is 394 g/mol. The van der Waals surface area contributed by atoms with E-state index in [0.29, 0.717) is 18.8 Å². The molecule has 1 aliphatic rings. The zero-order chi connectivity index (χ0) is 20.6. The lowest BCUT2D eigenvalue weighted by molar-refractivity contribution is -0.141. The number of fused-ring (bicyclic) bond motifs is 1. The third kappa shape index (κ3) is 3.94. The highest BCUT2D eigenvalue weighted by Gasteiger charge is 2.32. The highest BCUT2D eigenvalue weighted by Crippen LogP contribution is 2.31. The molecule has 0 bridgehead atoms. The van der Waals surface area contributed by atoms with Crippen molar-refractivity contribution < 1.29 is 23.1 Å². The first-order valence-electron chi connectivity index (χ1n) is 8.75. The average molecular weight is 394 g/mol. The molecule has 1 atom stereocenters. The zero-order valence-electron chi connectivity index (χ0n) is 15.8. The van der Waals surface area contributed by atoms with E-state index in [4.69, 9.17) is 0 Å². The molecule has 0 aliphatic carbocycles. The minimum absolute atomic E-state index is 0.122. The fourth-order valence-electron chi connectivity index (χ4n) is 3.26. The Morgan fingerprint density at radius 2 is 1.86 bits per heavy atom. The topological polar surface area (TPSA) is 69.6 Å². The van der Waals surface area contributed by atoms with Gasteiger partial charge in [-0.2, -0.15) is 13.2 Å². The Hall–Kier alpha value is -2.68. The van der Waals surface area contributed by atoms with E-state index >= 15 is 0 Å². The Balaban J connectivity index is 1.79. The van der Waals surface area contributed by atoms with E-state index in [1.54, 1.807) is 6.92 Å². The molecule has 0 fully saturated rings. The number of carbonyl (C=O) groups excluding carboxylic acids is 1. The Morgan fingerprint density at radius 1 is 1.21 bits per heavy atom. The van der Waals surface area contributed by atoms with E-state index in [1.165, 1.54) is 4.90 Å². The van der Waals surface area contributed by atoms with E-state index < -0.39 is 23.8 Å². The van der Waals surface area contributed by atoms with Gasteiger partial charge in [-0.15, -0.1) is 0 Å². The molecule has 1 N–H and O–H groups in total. The highest BCUT2D eigenvalue weighted by molar-refractivity contribution is 5.82. The quantitative estimate of drug-likeness (QED) is 0.866. The molecule has 0 radical (unpaired) electrons. The lowest BCUT2D eigenvalue weighted by atomic mass is 10.0. The van der Waals surface area contributed by atoms with Gasteiger partial charge >= 0.3 is 6.18 Å². The second-order valence-corrected chi connectivity index (χ2v) is 6.95. The minimum Gasteiger partial charge on any atom is -0.378 e. The summed E-state index contributed by atoms with van der Waals surface area (Å²) in [5.74, 6) is 0.825. The molecule has 2 heterocycles. The summed E-state index contributed by atoms with van der Waals surface area (Å²) in [5.41, 5.74) is 0.974. The third-order valence-corrected chi connectivity index (χ3v) is 4.68. The zero-order valence-corrected chi connectivity index (χ0v) is 15.8. The number of alkyl halides is 3. The number of aromatic nitrogens is 2.